The van der Waals surface area contributed by atoms with E-state index in [4.69, 9.17) is 4.98 Å². The summed E-state index contributed by atoms with van der Waals surface area (Å²) in [6.45, 7) is 9.00. The smallest absolute Gasteiger partial charge is 0.0730 e. The quantitative estimate of drug-likeness (QED) is 0.653. The van der Waals surface area contributed by atoms with Crippen LogP contribution in [0.3, 0.4) is 0 Å². The van der Waals surface area contributed by atoms with E-state index in [9.17, 15) is 0 Å². The van der Waals surface area contributed by atoms with Gasteiger partial charge in [-0.2, -0.15) is 0 Å². The van der Waals surface area contributed by atoms with Crippen LogP contribution in [0.15, 0.2) is 54.6 Å². The average molecular weight is 375 g/mol. The fraction of sp³-hybridized carbons (Fsp3) is 0.375. The summed E-state index contributed by atoms with van der Waals surface area (Å²) in [5.41, 5.74) is 5.69. The number of nitrogens with one attached hydrogen (secondary N) is 1. The van der Waals surface area contributed by atoms with Gasteiger partial charge in [0.25, 0.3) is 0 Å². The third-order valence-corrected chi connectivity index (χ3v) is 5.63. The van der Waals surface area contributed by atoms with Crippen molar-refractivity contribution < 1.29 is 0 Å². The molecule has 3 aromatic rings. The van der Waals surface area contributed by atoms with Crippen molar-refractivity contribution in [2.45, 2.75) is 13.3 Å². The van der Waals surface area contributed by atoms with Gasteiger partial charge in [0, 0.05) is 49.4 Å². The molecule has 0 radical (unpaired) electrons. The van der Waals surface area contributed by atoms with E-state index in [-0.39, 0.29) is 0 Å². The van der Waals surface area contributed by atoms with Crippen molar-refractivity contribution in [3.8, 4) is 11.3 Å². The van der Waals surface area contributed by atoms with Gasteiger partial charge in [-0.05, 0) is 39.1 Å². The number of hydrogen-bond donors (Lipinski definition) is 1. The summed E-state index contributed by atoms with van der Waals surface area (Å²) in [4.78, 5) is 9.87. The first-order chi connectivity index (χ1) is 13.7. The highest BCUT2D eigenvalue weighted by Crippen LogP contribution is 2.28. The van der Waals surface area contributed by atoms with E-state index in [0.717, 1.165) is 36.3 Å². The Hall–Kier alpha value is -2.43. The Balaban J connectivity index is 1.47. The maximum absolute atomic E-state index is 4.89. The number of benzene rings is 2. The van der Waals surface area contributed by atoms with Gasteiger partial charge in [-0.25, -0.2) is 4.98 Å². The van der Waals surface area contributed by atoms with Crippen molar-refractivity contribution in [2.75, 3.05) is 51.6 Å². The van der Waals surface area contributed by atoms with Crippen LogP contribution in [0, 0.1) is 6.92 Å². The molecule has 28 heavy (non-hydrogen) atoms. The Bertz CT molecular complexity index is 912. The molecule has 0 unspecified atom stereocenters. The Labute approximate surface area is 168 Å². The number of para-hydroxylation sites is 1. The molecule has 0 saturated carbocycles. The Kier molecular flexibility index (Phi) is 5.89. The van der Waals surface area contributed by atoms with Crippen LogP contribution in [-0.2, 0) is 0 Å². The van der Waals surface area contributed by atoms with Crippen molar-refractivity contribution in [3.05, 3.63) is 60.2 Å². The highest BCUT2D eigenvalue weighted by Gasteiger charge is 2.13. The lowest BCUT2D eigenvalue weighted by Gasteiger charge is -2.32. The standard InChI is InChI=1S/C24H30N4/c1-19-8-10-20(11-9-19)23-18-24(21-6-3-4-7-22(21)26-23)25-12-5-13-28-16-14-27(2)15-17-28/h3-4,6-11,18H,5,12-17H2,1-2H3,(H,25,26). The number of anilines is 1. The number of piperazine rings is 1. The van der Waals surface area contributed by atoms with Gasteiger partial charge in [-0.1, -0.05) is 48.0 Å². The molecule has 1 N–H and O–H groups in total. The van der Waals surface area contributed by atoms with E-state index in [1.807, 2.05) is 0 Å². The number of aryl methyl sites for hydroxylation is 1. The molecule has 0 bridgehead atoms. The van der Waals surface area contributed by atoms with Crippen molar-refractivity contribution >= 4 is 16.6 Å². The zero-order chi connectivity index (χ0) is 19.3. The molecule has 4 heteroatoms. The molecule has 1 aromatic heterocycles. The molecule has 146 valence electrons. The van der Waals surface area contributed by atoms with Gasteiger partial charge in [-0.3, -0.25) is 0 Å². The highest BCUT2D eigenvalue weighted by atomic mass is 15.2. The summed E-state index contributed by atoms with van der Waals surface area (Å²) in [6.07, 6.45) is 1.15. The van der Waals surface area contributed by atoms with Crippen molar-refractivity contribution in [1.29, 1.82) is 0 Å². The van der Waals surface area contributed by atoms with Crippen LogP contribution in [0.4, 0.5) is 5.69 Å². The van der Waals surface area contributed by atoms with Crippen molar-refractivity contribution in [3.63, 3.8) is 0 Å². The first kappa shape index (κ1) is 18.9. The summed E-state index contributed by atoms with van der Waals surface area (Å²) >= 11 is 0. The first-order valence-electron chi connectivity index (χ1n) is 10.3. The third kappa shape index (κ3) is 4.51. The van der Waals surface area contributed by atoms with E-state index in [2.05, 4.69) is 83.7 Å². The Morgan fingerprint density at radius 2 is 1.71 bits per heavy atom. The van der Waals surface area contributed by atoms with Crippen LogP contribution < -0.4 is 5.32 Å². The molecule has 1 saturated heterocycles. The molecule has 1 fully saturated rings. The summed E-state index contributed by atoms with van der Waals surface area (Å²) in [5.74, 6) is 0. The normalized spacial score (nSPS) is 15.8. The molecule has 1 aliphatic heterocycles. The molecular formula is C24H30N4. The zero-order valence-corrected chi connectivity index (χ0v) is 17.0. The van der Waals surface area contributed by atoms with Crippen LogP contribution in [-0.4, -0.2) is 61.1 Å². The van der Waals surface area contributed by atoms with Crippen LogP contribution >= 0.6 is 0 Å². The fourth-order valence-corrected chi connectivity index (χ4v) is 3.79. The largest absolute Gasteiger partial charge is 0.384 e. The van der Waals surface area contributed by atoms with Gasteiger partial charge in [0.05, 0.1) is 11.2 Å². The second-order valence-electron chi connectivity index (χ2n) is 7.86. The van der Waals surface area contributed by atoms with E-state index in [0.29, 0.717) is 0 Å². The first-order valence-corrected chi connectivity index (χ1v) is 10.3. The van der Waals surface area contributed by atoms with Gasteiger partial charge in [0.2, 0.25) is 0 Å². The van der Waals surface area contributed by atoms with E-state index in [1.54, 1.807) is 0 Å². The average Bonchev–Trinajstić information content (AvgIpc) is 2.73. The second-order valence-corrected chi connectivity index (χ2v) is 7.86. The van der Waals surface area contributed by atoms with Gasteiger partial charge < -0.3 is 15.1 Å². The Morgan fingerprint density at radius 3 is 2.50 bits per heavy atom. The maximum Gasteiger partial charge on any atom is 0.0730 e. The third-order valence-electron chi connectivity index (χ3n) is 5.63. The molecule has 4 nitrogen and oxygen atoms in total. The monoisotopic (exact) mass is 374 g/mol. The number of fused-ring (bicyclic) bond motifs is 1. The molecule has 1 aliphatic rings. The number of rotatable bonds is 6. The minimum Gasteiger partial charge on any atom is -0.384 e. The lowest BCUT2D eigenvalue weighted by molar-refractivity contribution is 0.154. The molecule has 0 atom stereocenters. The van der Waals surface area contributed by atoms with E-state index >= 15 is 0 Å². The van der Waals surface area contributed by atoms with E-state index in [1.165, 1.54) is 42.8 Å². The molecular weight excluding hydrogens is 344 g/mol. The highest BCUT2D eigenvalue weighted by molar-refractivity contribution is 5.93. The molecule has 0 amide bonds. The molecule has 0 spiro atoms. The molecule has 2 heterocycles. The number of likely N-dealkylation sites (N-methyl/N-ethyl adjacent to an activating group) is 1. The summed E-state index contributed by atoms with van der Waals surface area (Å²) in [5, 5.41) is 4.87. The Morgan fingerprint density at radius 1 is 0.964 bits per heavy atom. The fourth-order valence-electron chi connectivity index (χ4n) is 3.79. The molecule has 4 rings (SSSR count). The summed E-state index contributed by atoms with van der Waals surface area (Å²) in [6, 6.07) is 19.2. The summed E-state index contributed by atoms with van der Waals surface area (Å²) in [7, 11) is 2.21. The van der Waals surface area contributed by atoms with Crippen LogP contribution in [0.25, 0.3) is 22.2 Å². The van der Waals surface area contributed by atoms with Crippen molar-refractivity contribution in [2.24, 2.45) is 0 Å². The second kappa shape index (κ2) is 8.72. The van der Waals surface area contributed by atoms with Crippen LogP contribution in [0.1, 0.15) is 12.0 Å². The lowest BCUT2D eigenvalue weighted by atomic mass is 10.1. The van der Waals surface area contributed by atoms with Gasteiger partial charge >= 0.3 is 0 Å². The SMILES string of the molecule is Cc1ccc(-c2cc(NCCCN3CCN(C)CC3)c3ccccc3n2)cc1. The predicted molar refractivity (Wildman–Crippen MR) is 119 cm³/mol. The van der Waals surface area contributed by atoms with E-state index < -0.39 is 0 Å². The molecule has 0 aliphatic carbocycles. The maximum atomic E-state index is 4.89. The number of pyridine rings is 1. The van der Waals surface area contributed by atoms with Gasteiger partial charge in [0.15, 0.2) is 0 Å². The minimum absolute atomic E-state index is 0.980. The molecule has 2 aromatic carbocycles. The minimum atomic E-state index is 0.980. The van der Waals surface area contributed by atoms with Gasteiger partial charge in [0.1, 0.15) is 0 Å². The number of hydrogen-bond acceptors (Lipinski definition) is 4. The van der Waals surface area contributed by atoms with Gasteiger partial charge in [-0.15, -0.1) is 0 Å². The summed E-state index contributed by atoms with van der Waals surface area (Å²) < 4.78 is 0. The van der Waals surface area contributed by atoms with Crippen LogP contribution in [0.5, 0.6) is 0 Å². The number of aromatic nitrogens is 1. The topological polar surface area (TPSA) is 31.4 Å². The number of nitrogens with zero attached hydrogens (tertiary/aromatic N) is 3. The lowest BCUT2D eigenvalue weighted by Crippen LogP contribution is -2.44. The zero-order valence-electron chi connectivity index (χ0n) is 17.0. The van der Waals surface area contributed by atoms with Crippen LogP contribution in [0.2, 0.25) is 0 Å². The van der Waals surface area contributed by atoms with Crippen molar-refractivity contribution in [1.82, 2.24) is 14.8 Å². The predicted octanol–water partition coefficient (Wildman–Crippen LogP) is 4.26.